The highest BCUT2D eigenvalue weighted by atomic mass is 16.6. The Labute approximate surface area is 80.2 Å². The highest BCUT2D eigenvalue weighted by molar-refractivity contribution is 5.65. The molecule has 76 valence electrons. The number of ether oxygens (including phenoxy) is 1. The van der Waals surface area contributed by atoms with E-state index in [1.165, 1.54) is 19.2 Å². The number of aryl methyl sites for hydroxylation is 1. The van der Waals surface area contributed by atoms with Crippen LogP contribution in [0.5, 0.6) is 5.75 Å². The van der Waals surface area contributed by atoms with Crippen LogP contribution in [0.15, 0.2) is 12.1 Å². The topological polar surface area (TPSA) is 84.6 Å². The van der Waals surface area contributed by atoms with E-state index in [2.05, 4.69) is 0 Å². The van der Waals surface area contributed by atoms with Gasteiger partial charge in [0.2, 0.25) is 0 Å². The Morgan fingerprint density at radius 2 is 2.21 bits per heavy atom. The Bertz CT molecular complexity index is 365. The van der Waals surface area contributed by atoms with Crippen LogP contribution in [0.1, 0.15) is 5.56 Å². The van der Waals surface area contributed by atoms with Crippen LogP contribution >= 0.6 is 0 Å². The van der Waals surface area contributed by atoms with Crippen molar-refractivity contribution in [3.63, 3.8) is 0 Å². The van der Waals surface area contributed by atoms with Gasteiger partial charge >= 0.3 is 0 Å². The lowest BCUT2D eigenvalue weighted by Gasteiger charge is -2.07. The summed E-state index contributed by atoms with van der Waals surface area (Å²) in [5.74, 6) is 0.479. The van der Waals surface area contributed by atoms with Crippen molar-refractivity contribution in [2.24, 2.45) is 0 Å². The van der Waals surface area contributed by atoms with E-state index in [-0.39, 0.29) is 11.4 Å². The van der Waals surface area contributed by atoms with Crippen molar-refractivity contribution in [3.8, 4) is 5.75 Å². The summed E-state index contributed by atoms with van der Waals surface area (Å²) in [5.41, 5.74) is 2.22. The summed E-state index contributed by atoms with van der Waals surface area (Å²) in [6, 6.07) is 2.70. The fourth-order valence-corrected chi connectivity index (χ4v) is 1.13. The van der Waals surface area contributed by atoms with Crippen LogP contribution in [-0.4, -0.2) is 17.2 Å². The summed E-state index contributed by atoms with van der Waals surface area (Å²) < 4.78 is 4.95. The van der Waals surface area contributed by atoms with Gasteiger partial charge in [0, 0.05) is 12.1 Å². The highest BCUT2D eigenvalue weighted by Crippen LogP contribution is 2.31. The molecule has 6 heteroatoms. The first kappa shape index (κ1) is 10.3. The lowest BCUT2D eigenvalue weighted by atomic mass is 10.1. The van der Waals surface area contributed by atoms with Gasteiger partial charge in [-0.15, -0.1) is 0 Å². The standard InChI is InChI=1S/C8H10N2O4/c1-5-3-7(10(12)13)6(9-11)4-8(5)14-2/h3-4,9,11H,1-2H3. The molecule has 0 aromatic heterocycles. The number of nitrogens with zero attached hydrogens (tertiary/aromatic N) is 1. The third kappa shape index (κ3) is 1.74. The molecule has 1 aromatic carbocycles. The van der Waals surface area contributed by atoms with Gasteiger partial charge in [-0.05, 0) is 12.5 Å². The number of hydrogen-bond acceptors (Lipinski definition) is 5. The van der Waals surface area contributed by atoms with Crippen molar-refractivity contribution in [2.45, 2.75) is 6.92 Å². The van der Waals surface area contributed by atoms with Crippen molar-refractivity contribution in [1.29, 1.82) is 0 Å². The smallest absolute Gasteiger partial charge is 0.295 e. The molecule has 0 atom stereocenters. The molecule has 0 bridgehead atoms. The quantitative estimate of drug-likeness (QED) is 0.570. The zero-order valence-corrected chi connectivity index (χ0v) is 7.77. The number of nitrogens with one attached hydrogen (secondary N) is 1. The fourth-order valence-electron chi connectivity index (χ4n) is 1.13. The molecular formula is C8H10N2O4. The summed E-state index contributed by atoms with van der Waals surface area (Å²) in [6.45, 7) is 1.69. The summed E-state index contributed by atoms with van der Waals surface area (Å²) in [7, 11) is 1.45. The van der Waals surface area contributed by atoms with Crippen LogP contribution in [0.2, 0.25) is 0 Å². The van der Waals surface area contributed by atoms with E-state index in [9.17, 15) is 10.1 Å². The summed E-state index contributed by atoms with van der Waals surface area (Å²) in [4.78, 5) is 9.97. The van der Waals surface area contributed by atoms with Crippen LogP contribution in [0.3, 0.4) is 0 Å². The lowest BCUT2D eigenvalue weighted by molar-refractivity contribution is -0.384. The highest BCUT2D eigenvalue weighted by Gasteiger charge is 2.16. The average Bonchev–Trinajstić information content (AvgIpc) is 2.17. The van der Waals surface area contributed by atoms with Crippen molar-refractivity contribution >= 4 is 11.4 Å². The van der Waals surface area contributed by atoms with Crippen LogP contribution in [0, 0.1) is 17.0 Å². The molecule has 0 aliphatic rings. The predicted molar refractivity (Wildman–Crippen MR) is 49.8 cm³/mol. The van der Waals surface area contributed by atoms with Gasteiger partial charge in [0.05, 0.1) is 12.0 Å². The molecule has 0 amide bonds. The Morgan fingerprint density at radius 1 is 1.57 bits per heavy atom. The fraction of sp³-hybridized carbons (Fsp3) is 0.250. The van der Waals surface area contributed by atoms with Gasteiger partial charge in [-0.1, -0.05) is 0 Å². The van der Waals surface area contributed by atoms with Crippen LogP contribution in [-0.2, 0) is 0 Å². The van der Waals surface area contributed by atoms with Crippen molar-refractivity contribution in [2.75, 3.05) is 12.6 Å². The number of nitro groups is 1. The van der Waals surface area contributed by atoms with Crippen molar-refractivity contribution in [3.05, 3.63) is 27.8 Å². The molecule has 0 saturated heterocycles. The SMILES string of the molecule is COc1cc(NO)c([N+](=O)[O-])cc1C. The zero-order valence-electron chi connectivity index (χ0n) is 7.77. The second kappa shape index (κ2) is 3.93. The second-order valence-corrected chi connectivity index (χ2v) is 2.71. The lowest BCUT2D eigenvalue weighted by Crippen LogP contribution is -1.99. The Hall–Kier alpha value is -1.82. The van der Waals surface area contributed by atoms with Gasteiger partial charge in [-0.25, -0.2) is 0 Å². The largest absolute Gasteiger partial charge is 0.496 e. The molecule has 6 nitrogen and oxygen atoms in total. The van der Waals surface area contributed by atoms with E-state index in [4.69, 9.17) is 9.94 Å². The molecule has 0 spiro atoms. The zero-order chi connectivity index (χ0) is 10.7. The molecule has 0 unspecified atom stereocenters. The molecule has 0 aliphatic carbocycles. The van der Waals surface area contributed by atoms with Gasteiger partial charge in [0.15, 0.2) is 0 Å². The number of rotatable bonds is 3. The van der Waals surface area contributed by atoms with Gasteiger partial charge in [0.1, 0.15) is 11.4 Å². The normalized spacial score (nSPS) is 9.64. The Morgan fingerprint density at radius 3 is 2.64 bits per heavy atom. The number of hydrogen-bond donors (Lipinski definition) is 2. The van der Waals surface area contributed by atoms with E-state index in [0.29, 0.717) is 11.3 Å². The van der Waals surface area contributed by atoms with Crippen molar-refractivity contribution < 1.29 is 14.9 Å². The number of nitro benzene ring substituents is 1. The summed E-state index contributed by atoms with van der Waals surface area (Å²) in [5, 5.41) is 19.2. The Kier molecular flexibility index (Phi) is 2.88. The third-order valence-electron chi connectivity index (χ3n) is 1.83. The van der Waals surface area contributed by atoms with Crippen molar-refractivity contribution in [1.82, 2.24) is 0 Å². The molecule has 0 fully saturated rings. The van der Waals surface area contributed by atoms with Gasteiger partial charge in [-0.3, -0.25) is 20.8 Å². The van der Waals surface area contributed by atoms with E-state index in [1.54, 1.807) is 12.4 Å². The Balaban J connectivity index is 3.31. The first-order valence-electron chi connectivity index (χ1n) is 3.83. The number of methoxy groups -OCH3 is 1. The van der Waals surface area contributed by atoms with Gasteiger partial charge < -0.3 is 4.74 Å². The van der Waals surface area contributed by atoms with E-state index in [0.717, 1.165) is 0 Å². The maximum Gasteiger partial charge on any atom is 0.295 e. The third-order valence-corrected chi connectivity index (χ3v) is 1.83. The van der Waals surface area contributed by atoms with Crippen LogP contribution < -0.4 is 10.2 Å². The van der Waals surface area contributed by atoms with Gasteiger partial charge in [0.25, 0.3) is 5.69 Å². The summed E-state index contributed by atoms with van der Waals surface area (Å²) in [6.07, 6.45) is 0. The van der Waals surface area contributed by atoms with E-state index >= 15 is 0 Å². The average molecular weight is 198 g/mol. The minimum Gasteiger partial charge on any atom is -0.496 e. The van der Waals surface area contributed by atoms with E-state index < -0.39 is 4.92 Å². The second-order valence-electron chi connectivity index (χ2n) is 2.71. The maximum atomic E-state index is 10.5. The molecule has 2 N–H and O–H groups in total. The maximum absolute atomic E-state index is 10.5. The van der Waals surface area contributed by atoms with Crippen LogP contribution in [0.25, 0.3) is 0 Å². The molecule has 14 heavy (non-hydrogen) atoms. The molecule has 0 saturated carbocycles. The molecule has 1 rings (SSSR count). The number of benzene rings is 1. The minimum absolute atomic E-state index is 0.0115. The molecule has 0 heterocycles. The molecule has 0 aliphatic heterocycles. The minimum atomic E-state index is -0.578. The predicted octanol–water partition coefficient (Wildman–Crippen LogP) is 1.71. The monoisotopic (exact) mass is 198 g/mol. The summed E-state index contributed by atoms with van der Waals surface area (Å²) >= 11 is 0. The van der Waals surface area contributed by atoms with Gasteiger partial charge in [-0.2, -0.15) is 0 Å². The molecular weight excluding hydrogens is 188 g/mol. The molecule has 1 aromatic rings. The number of anilines is 1. The molecule has 0 radical (unpaired) electrons. The first-order valence-corrected chi connectivity index (χ1v) is 3.83. The first-order chi connectivity index (χ1) is 6.60. The van der Waals surface area contributed by atoms with E-state index in [1.807, 2.05) is 0 Å². The van der Waals surface area contributed by atoms with Crippen LogP contribution in [0.4, 0.5) is 11.4 Å².